The minimum Gasteiger partial charge on any atom is -0.396 e. The first kappa shape index (κ1) is 20.0. The summed E-state index contributed by atoms with van der Waals surface area (Å²) in [6, 6.07) is 0. The van der Waals surface area contributed by atoms with Crippen molar-refractivity contribution in [2.45, 2.75) is 91.6 Å². The molecule has 0 aliphatic heterocycles. The SMILES string of the molecule is COC(CCC(C)C)C1(C(CO)CCC(C)C)CCCCC1. The first-order chi connectivity index (χ1) is 10.5. The highest BCUT2D eigenvalue weighted by atomic mass is 16.5. The summed E-state index contributed by atoms with van der Waals surface area (Å²) in [5, 5.41) is 10.1. The Morgan fingerprint density at radius 1 is 0.864 bits per heavy atom. The van der Waals surface area contributed by atoms with Crippen molar-refractivity contribution in [1.29, 1.82) is 0 Å². The predicted octanol–water partition coefficient (Wildman–Crippen LogP) is 5.43. The average Bonchev–Trinajstić information content (AvgIpc) is 2.48. The lowest BCUT2D eigenvalue weighted by atomic mass is 9.60. The first-order valence-electron chi connectivity index (χ1n) is 9.60. The monoisotopic (exact) mass is 312 g/mol. The molecule has 1 N–H and O–H groups in total. The van der Waals surface area contributed by atoms with Crippen LogP contribution in [0.1, 0.15) is 85.5 Å². The van der Waals surface area contributed by atoms with Gasteiger partial charge < -0.3 is 9.84 Å². The van der Waals surface area contributed by atoms with Gasteiger partial charge in [0.2, 0.25) is 0 Å². The summed E-state index contributed by atoms with van der Waals surface area (Å²) in [5.41, 5.74) is 0.214. The minimum absolute atomic E-state index is 0.214. The molecule has 1 saturated carbocycles. The number of rotatable bonds is 10. The van der Waals surface area contributed by atoms with E-state index in [1.807, 2.05) is 7.11 Å². The van der Waals surface area contributed by atoms with E-state index in [2.05, 4.69) is 27.7 Å². The second-order valence-electron chi connectivity index (χ2n) is 8.34. The van der Waals surface area contributed by atoms with Gasteiger partial charge in [-0.2, -0.15) is 0 Å². The molecule has 1 fully saturated rings. The molecule has 22 heavy (non-hydrogen) atoms. The Kier molecular flexibility index (Phi) is 9.01. The maximum atomic E-state index is 10.1. The van der Waals surface area contributed by atoms with Crippen LogP contribution in [0.3, 0.4) is 0 Å². The summed E-state index contributed by atoms with van der Waals surface area (Å²) in [6.07, 6.45) is 11.5. The molecular weight excluding hydrogens is 272 g/mol. The summed E-state index contributed by atoms with van der Waals surface area (Å²) in [4.78, 5) is 0. The Labute approximate surface area is 139 Å². The standard InChI is InChI=1S/C20H40O2/c1-16(2)9-11-18(15-21)20(13-7-6-8-14-20)19(22-5)12-10-17(3)4/h16-19,21H,6-15H2,1-5H3. The van der Waals surface area contributed by atoms with Crippen LogP contribution in [0.2, 0.25) is 0 Å². The summed E-state index contributed by atoms with van der Waals surface area (Å²) < 4.78 is 6.02. The lowest BCUT2D eigenvalue weighted by molar-refractivity contribution is -0.0926. The molecule has 0 amide bonds. The molecule has 132 valence electrons. The fourth-order valence-corrected chi connectivity index (χ4v) is 4.42. The molecule has 0 aromatic rings. The molecule has 0 aromatic heterocycles. The van der Waals surface area contributed by atoms with Crippen LogP contribution in [0.4, 0.5) is 0 Å². The van der Waals surface area contributed by atoms with E-state index in [4.69, 9.17) is 4.74 Å². The normalized spacial score (nSPS) is 21.3. The van der Waals surface area contributed by atoms with Gasteiger partial charge in [0.15, 0.2) is 0 Å². The Balaban J connectivity index is 2.89. The predicted molar refractivity (Wildman–Crippen MR) is 95.0 cm³/mol. The van der Waals surface area contributed by atoms with Crippen molar-refractivity contribution in [3.8, 4) is 0 Å². The molecule has 0 aromatic carbocycles. The second-order valence-corrected chi connectivity index (χ2v) is 8.34. The van der Waals surface area contributed by atoms with Crippen LogP contribution in [0.25, 0.3) is 0 Å². The number of hydrogen-bond donors (Lipinski definition) is 1. The van der Waals surface area contributed by atoms with Crippen LogP contribution in [-0.4, -0.2) is 24.9 Å². The van der Waals surface area contributed by atoms with Crippen molar-refractivity contribution >= 4 is 0 Å². The zero-order valence-corrected chi connectivity index (χ0v) is 15.7. The second kappa shape index (κ2) is 9.93. The number of aliphatic hydroxyl groups excluding tert-OH is 1. The zero-order valence-electron chi connectivity index (χ0n) is 15.7. The third-order valence-electron chi connectivity index (χ3n) is 5.84. The first-order valence-corrected chi connectivity index (χ1v) is 9.60. The van der Waals surface area contributed by atoms with Gasteiger partial charge in [0.25, 0.3) is 0 Å². The number of aliphatic hydroxyl groups is 1. The van der Waals surface area contributed by atoms with Crippen molar-refractivity contribution in [2.24, 2.45) is 23.2 Å². The van der Waals surface area contributed by atoms with E-state index in [9.17, 15) is 5.11 Å². The molecule has 2 atom stereocenters. The van der Waals surface area contributed by atoms with E-state index < -0.39 is 0 Å². The average molecular weight is 313 g/mol. The van der Waals surface area contributed by atoms with Gasteiger partial charge in [-0.1, -0.05) is 53.4 Å². The van der Waals surface area contributed by atoms with E-state index in [1.165, 1.54) is 44.9 Å². The molecule has 0 saturated heterocycles. The molecule has 0 radical (unpaired) electrons. The van der Waals surface area contributed by atoms with Crippen molar-refractivity contribution in [3.63, 3.8) is 0 Å². The molecule has 0 spiro atoms. The maximum absolute atomic E-state index is 10.1. The molecule has 2 unspecified atom stereocenters. The highest BCUT2D eigenvalue weighted by Crippen LogP contribution is 2.49. The summed E-state index contributed by atoms with van der Waals surface area (Å²) in [7, 11) is 1.89. The molecule has 1 aliphatic rings. The minimum atomic E-state index is 0.214. The van der Waals surface area contributed by atoms with Crippen molar-refractivity contribution < 1.29 is 9.84 Å². The highest BCUT2D eigenvalue weighted by molar-refractivity contribution is 4.95. The van der Waals surface area contributed by atoms with Gasteiger partial charge in [0.1, 0.15) is 0 Å². The van der Waals surface area contributed by atoms with Crippen molar-refractivity contribution in [3.05, 3.63) is 0 Å². The van der Waals surface area contributed by atoms with Crippen LogP contribution in [0.5, 0.6) is 0 Å². The Bertz CT molecular complexity index is 257. The smallest absolute Gasteiger partial charge is 0.0631 e. The van der Waals surface area contributed by atoms with Gasteiger partial charge in [-0.3, -0.25) is 0 Å². The van der Waals surface area contributed by atoms with Crippen LogP contribution < -0.4 is 0 Å². The lowest BCUT2D eigenvalue weighted by Crippen LogP contribution is -2.46. The number of ether oxygens (including phenoxy) is 1. The van der Waals surface area contributed by atoms with E-state index in [1.54, 1.807) is 0 Å². The van der Waals surface area contributed by atoms with Crippen LogP contribution in [0.15, 0.2) is 0 Å². The van der Waals surface area contributed by atoms with Gasteiger partial charge in [0, 0.05) is 19.1 Å². The Morgan fingerprint density at radius 2 is 1.41 bits per heavy atom. The van der Waals surface area contributed by atoms with E-state index in [0.717, 1.165) is 18.8 Å². The molecule has 2 heteroatoms. The van der Waals surface area contributed by atoms with E-state index in [-0.39, 0.29) is 5.41 Å². The molecule has 1 aliphatic carbocycles. The fourth-order valence-electron chi connectivity index (χ4n) is 4.42. The summed E-state index contributed by atoms with van der Waals surface area (Å²) >= 11 is 0. The van der Waals surface area contributed by atoms with Gasteiger partial charge in [-0.15, -0.1) is 0 Å². The number of methoxy groups -OCH3 is 1. The molecular formula is C20H40O2. The third kappa shape index (κ3) is 5.53. The molecule has 1 rings (SSSR count). The van der Waals surface area contributed by atoms with Gasteiger partial charge in [-0.25, -0.2) is 0 Å². The highest BCUT2D eigenvalue weighted by Gasteiger charge is 2.45. The summed E-state index contributed by atoms with van der Waals surface area (Å²) in [6.45, 7) is 9.49. The van der Waals surface area contributed by atoms with Crippen molar-refractivity contribution in [1.82, 2.24) is 0 Å². The zero-order chi connectivity index (χ0) is 16.6. The van der Waals surface area contributed by atoms with Crippen molar-refractivity contribution in [2.75, 3.05) is 13.7 Å². The molecule has 2 nitrogen and oxygen atoms in total. The Hall–Kier alpha value is -0.0800. The molecule has 0 bridgehead atoms. The maximum Gasteiger partial charge on any atom is 0.0631 e. The fraction of sp³-hybridized carbons (Fsp3) is 1.00. The third-order valence-corrected chi connectivity index (χ3v) is 5.84. The quantitative estimate of drug-likeness (QED) is 0.582. The van der Waals surface area contributed by atoms with E-state index >= 15 is 0 Å². The molecule has 0 heterocycles. The van der Waals surface area contributed by atoms with Crippen LogP contribution in [0, 0.1) is 23.2 Å². The Morgan fingerprint density at radius 3 is 1.86 bits per heavy atom. The van der Waals surface area contributed by atoms with Gasteiger partial charge in [-0.05, 0) is 49.9 Å². The summed E-state index contributed by atoms with van der Waals surface area (Å²) in [5.74, 6) is 1.85. The van der Waals surface area contributed by atoms with Gasteiger partial charge >= 0.3 is 0 Å². The lowest BCUT2D eigenvalue weighted by Gasteiger charge is -2.48. The van der Waals surface area contributed by atoms with Gasteiger partial charge in [0.05, 0.1) is 6.10 Å². The van der Waals surface area contributed by atoms with E-state index in [0.29, 0.717) is 24.5 Å². The largest absolute Gasteiger partial charge is 0.396 e. The topological polar surface area (TPSA) is 29.5 Å². The van der Waals surface area contributed by atoms with Crippen LogP contribution >= 0.6 is 0 Å². The van der Waals surface area contributed by atoms with Crippen LogP contribution in [-0.2, 0) is 4.74 Å². The number of hydrogen-bond acceptors (Lipinski definition) is 2.